The number of aliphatic hydroxyl groups is 1. The van der Waals surface area contributed by atoms with Crippen molar-refractivity contribution < 1.29 is 14.7 Å². The number of pyridine rings is 1. The highest BCUT2D eigenvalue weighted by Crippen LogP contribution is 2.41. The summed E-state index contributed by atoms with van der Waals surface area (Å²) in [6.45, 7) is 0.222. The van der Waals surface area contributed by atoms with Gasteiger partial charge in [-0.05, 0) is 72.2 Å². The highest BCUT2D eigenvalue weighted by atomic mass is 16.3. The van der Waals surface area contributed by atoms with Crippen LogP contribution >= 0.6 is 0 Å². The van der Waals surface area contributed by atoms with Gasteiger partial charge in [0, 0.05) is 44.3 Å². The number of benzene rings is 2. The van der Waals surface area contributed by atoms with Crippen LogP contribution in [0.15, 0.2) is 72.6 Å². The molecule has 0 spiro atoms. The van der Waals surface area contributed by atoms with Crippen molar-refractivity contribution in [2.45, 2.75) is 38.3 Å². The lowest BCUT2D eigenvalue weighted by Gasteiger charge is -2.26. The minimum absolute atomic E-state index is 0.118. The first kappa shape index (κ1) is 22.8. The Bertz CT molecular complexity index is 1300. The van der Waals surface area contributed by atoms with Gasteiger partial charge < -0.3 is 14.9 Å². The highest BCUT2D eigenvalue weighted by molar-refractivity contribution is 6.46. The topological polar surface area (TPSA) is 73.7 Å². The van der Waals surface area contributed by atoms with Crippen molar-refractivity contribution in [1.82, 2.24) is 9.88 Å². The van der Waals surface area contributed by atoms with Crippen LogP contribution in [0.1, 0.15) is 46.7 Å². The Labute approximate surface area is 205 Å². The quantitative estimate of drug-likeness (QED) is 0.336. The zero-order valence-electron chi connectivity index (χ0n) is 20.1. The van der Waals surface area contributed by atoms with Crippen molar-refractivity contribution in [2.24, 2.45) is 0 Å². The fraction of sp³-hybridized carbons (Fsp3) is 0.276. The van der Waals surface area contributed by atoms with Crippen LogP contribution in [-0.2, 0) is 29.0 Å². The number of ketones is 1. The van der Waals surface area contributed by atoms with Gasteiger partial charge in [0.1, 0.15) is 5.76 Å². The lowest BCUT2D eigenvalue weighted by Crippen LogP contribution is -2.29. The van der Waals surface area contributed by atoms with Gasteiger partial charge >= 0.3 is 0 Å². The Kier molecular flexibility index (Phi) is 6.12. The molecule has 1 atom stereocenters. The molecule has 1 N–H and O–H groups in total. The van der Waals surface area contributed by atoms with Gasteiger partial charge in [-0.3, -0.25) is 14.6 Å². The van der Waals surface area contributed by atoms with E-state index in [-0.39, 0.29) is 17.9 Å². The summed E-state index contributed by atoms with van der Waals surface area (Å²) < 4.78 is 0. The molecule has 178 valence electrons. The Morgan fingerprint density at radius 2 is 1.77 bits per heavy atom. The number of rotatable bonds is 5. The van der Waals surface area contributed by atoms with Crippen LogP contribution in [0.3, 0.4) is 0 Å². The molecule has 0 radical (unpaired) electrons. The molecule has 3 aromatic rings. The summed E-state index contributed by atoms with van der Waals surface area (Å²) in [6.07, 6.45) is 7.64. The largest absolute Gasteiger partial charge is 0.507 e. The van der Waals surface area contributed by atoms with Crippen molar-refractivity contribution >= 4 is 23.1 Å². The van der Waals surface area contributed by atoms with E-state index in [1.54, 1.807) is 18.5 Å². The number of aromatic nitrogens is 1. The van der Waals surface area contributed by atoms with Crippen molar-refractivity contribution in [3.63, 3.8) is 0 Å². The second kappa shape index (κ2) is 9.37. The van der Waals surface area contributed by atoms with Gasteiger partial charge in [-0.1, -0.05) is 30.3 Å². The number of Topliss-reactive ketones (excluding diaryl/α,β-unsaturated/α-hetero) is 1. The second-order valence-electron chi connectivity index (χ2n) is 9.46. The number of amides is 1. The summed E-state index contributed by atoms with van der Waals surface area (Å²) in [5.41, 5.74) is 5.81. The average molecular weight is 468 g/mol. The van der Waals surface area contributed by atoms with Crippen LogP contribution in [0.5, 0.6) is 0 Å². The minimum atomic E-state index is -0.692. The zero-order valence-corrected chi connectivity index (χ0v) is 20.1. The summed E-state index contributed by atoms with van der Waals surface area (Å²) in [4.78, 5) is 34.3. The molecule has 0 bridgehead atoms. The SMILES string of the molecule is CN(C)c1ccc(C2/C(=C(/O)c3ccc4c(c3)CCCC4)C(=O)C(=O)N2Cc2cccnc2)cc1. The molecule has 35 heavy (non-hydrogen) atoms. The lowest BCUT2D eigenvalue weighted by molar-refractivity contribution is -0.140. The smallest absolute Gasteiger partial charge is 0.295 e. The maximum absolute atomic E-state index is 13.3. The van der Waals surface area contributed by atoms with Gasteiger partial charge in [-0.25, -0.2) is 0 Å². The second-order valence-corrected chi connectivity index (χ2v) is 9.46. The molecule has 5 rings (SSSR count). The van der Waals surface area contributed by atoms with Gasteiger partial charge in [0.05, 0.1) is 11.6 Å². The molecular weight excluding hydrogens is 438 g/mol. The maximum atomic E-state index is 13.3. The molecule has 2 aromatic carbocycles. The van der Waals surface area contributed by atoms with E-state index in [0.717, 1.165) is 36.1 Å². The van der Waals surface area contributed by atoms with Gasteiger partial charge in [0.2, 0.25) is 0 Å². The molecule has 1 amide bonds. The molecule has 6 nitrogen and oxygen atoms in total. The van der Waals surface area contributed by atoms with Gasteiger partial charge in [-0.2, -0.15) is 0 Å². The van der Waals surface area contributed by atoms with Crippen LogP contribution in [0, 0.1) is 0 Å². The summed E-state index contributed by atoms with van der Waals surface area (Å²) in [5.74, 6) is -1.40. The fourth-order valence-electron chi connectivity index (χ4n) is 5.07. The number of aryl methyl sites for hydroxylation is 2. The monoisotopic (exact) mass is 467 g/mol. The maximum Gasteiger partial charge on any atom is 0.295 e. The normalized spacial score (nSPS) is 19.0. The summed E-state index contributed by atoms with van der Waals surface area (Å²) >= 11 is 0. The van der Waals surface area contributed by atoms with E-state index in [0.29, 0.717) is 5.56 Å². The summed E-state index contributed by atoms with van der Waals surface area (Å²) in [5, 5.41) is 11.4. The van der Waals surface area contributed by atoms with Crippen molar-refractivity contribution in [2.75, 3.05) is 19.0 Å². The van der Waals surface area contributed by atoms with Crippen LogP contribution in [0.4, 0.5) is 5.69 Å². The number of anilines is 1. The molecule has 6 heteroatoms. The first-order valence-electron chi connectivity index (χ1n) is 12.0. The molecule has 1 aliphatic carbocycles. The lowest BCUT2D eigenvalue weighted by atomic mass is 9.88. The van der Waals surface area contributed by atoms with E-state index >= 15 is 0 Å². The van der Waals surface area contributed by atoms with Crippen molar-refractivity contribution in [3.8, 4) is 0 Å². The summed E-state index contributed by atoms with van der Waals surface area (Å²) in [7, 11) is 3.92. The van der Waals surface area contributed by atoms with E-state index in [4.69, 9.17) is 0 Å². The Balaban J connectivity index is 1.62. The molecule has 0 saturated carbocycles. The minimum Gasteiger partial charge on any atom is -0.507 e. The first-order chi connectivity index (χ1) is 16.9. The number of hydrogen-bond acceptors (Lipinski definition) is 5. The summed E-state index contributed by atoms with van der Waals surface area (Å²) in [6, 6.07) is 16.6. The van der Waals surface area contributed by atoms with E-state index in [1.165, 1.54) is 22.4 Å². The van der Waals surface area contributed by atoms with Gasteiger partial charge in [0.15, 0.2) is 0 Å². The Morgan fingerprint density at radius 1 is 1.03 bits per heavy atom. The molecule has 1 unspecified atom stereocenters. The predicted octanol–water partition coefficient (Wildman–Crippen LogP) is 4.65. The average Bonchev–Trinajstić information content (AvgIpc) is 3.13. The molecule has 1 saturated heterocycles. The molecule has 1 fully saturated rings. The first-order valence-corrected chi connectivity index (χ1v) is 12.0. The molecular formula is C29H29N3O3. The number of carbonyl (C=O) groups is 2. The van der Waals surface area contributed by atoms with E-state index < -0.39 is 17.7 Å². The third-order valence-electron chi connectivity index (χ3n) is 6.96. The van der Waals surface area contributed by atoms with Crippen molar-refractivity contribution in [3.05, 3.63) is 100 Å². The van der Waals surface area contributed by atoms with Crippen LogP contribution in [0.25, 0.3) is 5.76 Å². The highest BCUT2D eigenvalue weighted by Gasteiger charge is 2.46. The number of aliphatic hydroxyl groups excluding tert-OH is 1. The van der Waals surface area contributed by atoms with Crippen LogP contribution in [-0.4, -0.2) is 40.8 Å². The van der Waals surface area contributed by atoms with Gasteiger partial charge in [0.25, 0.3) is 11.7 Å². The third-order valence-corrected chi connectivity index (χ3v) is 6.96. The predicted molar refractivity (Wildman–Crippen MR) is 136 cm³/mol. The van der Waals surface area contributed by atoms with E-state index in [1.807, 2.05) is 67.5 Å². The molecule has 1 aromatic heterocycles. The van der Waals surface area contributed by atoms with Gasteiger partial charge in [-0.15, -0.1) is 0 Å². The number of hydrogen-bond donors (Lipinski definition) is 1. The standard InChI is InChI=1S/C29H29N3O3/c1-31(2)24-13-11-21(12-14-24)26-25(27(33)23-10-9-20-7-3-4-8-22(20)16-23)28(34)29(35)32(26)18-19-6-5-15-30-17-19/h5-6,9-17,26,33H,3-4,7-8,18H2,1-2H3/b27-25-. The number of fused-ring (bicyclic) bond motifs is 1. The molecule has 2 aliphatic rings. The third kappa shape index (κ3) is 4.32. The number of likely N-dealkylation sites (tertiary alicyclic amines) is 1. The molecule has 1 aliphatic heterocycles. The van der Waals surface area contributed by atoms with Crippen LogP contribution in [0.2, 0.25) is 0 Å². The zero-order chi connectivity index (χ0) is 24.5. The Morgan fingerprint density at radius 3 is 2.46 bits per heavy atom. The number of carbonyl (C=O) groups excluding carboxylic acids is 2. The molecule has 2 heterocycles. The Hall–Kier alpha value is -3.93. The van der Waals surface area contributed by atoms with Crippen LogP contribution < -0.4 is 4.90 Å². The van der Waals surface area contributed by atoms with E-state index in [2.05, 4.69) is 4.98 Å². The fourth-order valence-corrected chi connectivity index (χ4v) is 5.07. The van der Waals surface area contributed by atoms with E-state index in [9.17, 15) is 14.7 Å². The van der Waals surface area contributed by atoms with Crippen molar-refractivity contribution in [1.29, 1.82) is 0 Å². The number of nitrogens with zero attached hydrogens (tertiary/aromatic N) is 3.